The number of hydrogen-bond acceptors (Lipinski definition) is 7. The topological polar surface area (TPSA) is 91.2 Å². The maximum atomic E-state index is 14.3. The molecule has 0 saturated heterocycles. The Balaban J connectivity index is 1.67. The first-order chi connectivity index (χ1) is 16.9. The predicted molar refractivity (Wildman–Crippen MR) is 129 cm³/mol. The van der Waals surface area contributed by atoms with Crippen LogP contribution in [-0.4, -0.2) is 22.6 Å². The molecule has 1 aliphatic rings. The van der Waals surface area contributed by atoms with Crippen LogP contribution >= 0.6 is 27.3 Å². The zero-order chi connectivity index (χ0) is 24.5. The average molecular weight is 559 g/mol. The lowest BCUT2D eigenvalue weighted by atomic mass is 10.1. The van der Waals surface area contributed by atoms with Crippen molar-refractivity contribution < 1.29 is 23.2 Å². The molecule has 0 radical (unpaired) electrons. The molecule has 1 aliphatic heterocycles. The molecule has 5 rings (SSSR count). The standard InChI is InChI=1S/C23H13BrF2N4O4S/c24-15-3-1-2-13(6-15)20-11-35-23(28-18-5-4-16(25)8-17(18)26)29(20)27-10-14-7-21-22(34-12-33-21)9-19(14)30(31)32/h1-11H,12H2. The van der Waals surface area contributed by atoms with E-state index < -0.39 is 16.6 Å². The molecule has 176 valence electrons. The lowest BCUT2D eigenvalue weighted by Gasteiger charge is -2.05. The van der Waals surface area contributed by atoms with Gasteiger partial charge in [0.05, 0.1) is 28.5 Å². The van der Waals surface area contributed by atoms with Crippen LogP contribution in [0.5, 0.6) is 11.5 Å². The molecule has 12 heteroatoms. The Hall–Kier alpha value is -3.90. The third-order valence-electron chi connectivity index (χ3n) is 4.96. The monoisotopic (exact) mass is 558 g/mol. The number of nitro groups is 1. The number of halogens is 3. The second-order valence-corrected chi connectivity index (χ2v) is 8.95. The number of thiazole rings is 1. The molecule has 0 spiro atoms. The van der Waals surface area contributed by atoms with Crippen LogP contribution in [0.1, 0.15) is 5.56 Å². The van der Waals surface area contributed by atoms with E-state index in [9.17, 15) is 18.9 Å². The van der Waals surface area contributed by atoms with Crippen molar-refractivity contribution in [3.63, 3.8) is 0 Å². The van der Waals surface area contributed by atoms with Gasteiger partial charge in [0.1, 0.15) is 11.5 Å². The van der Waals surface area contributed by atoms with Crippen LogP contribution in [-0.2, 0) is 0 Å². The van der Waals surface area contributed by atoms with E-state index in [4.69, 9.17) is 9.47 Å². The molecular formula is C23H13BrF2N4O4S. The Morgan fingerprint density at radius 1 is 1.11 bits per heavy atom. The molecule has 3 aromatic carbocycles. The van der Waals surface area contributed by atoms with Gasteiger partial charge in [0.15, 0.2) is 17.3 Å². The van der Waals surface area contributed by atoms with Gasteiger partial charge in [-0.15, -0.1) is 11.3 Å². The van der Waals surface area contributed by atoms with E-state index in [-0.39, 0.29) is 34.3 Å². The van der Waals surface area contributed by atoms with Crippen molar-refractivity contribution in [1.29, 1.82) is 0 Å². The van der Waals surface area contributed by atoms with Crippen LogP contribution in [0.15, 0.2) is 74.5 Å². The van der Waals surface area contributed by atoms with Gasteiger partial charge in [-0.25, -0.2) is 18.4 Å². The first-order valence-corrected chi connectivity index (χ1v) is 11.6. The number of benzene rings is 3. The molecule has 0 saturated carbocycles. The minimum Gasteiger partial charge on any atom is -0.454 e. The van der Waals surface area contributed by atoms with Crippen LogP contribution in [0.2, 0.25) is 0 Å². The highest BCUT2D eigenvalue weighted by Crippen LogP contribution is 2.37. The maximum absolute atomic E-state index is 14.3. The van der Waals surface area contributed by atoms with Crippen molar-refractivity contribution in [2.24, 2.45) is 10.1 Å². The molecule has 0 atom stereocenters. The van der Waals surface area contributed by atoms with Gasteiger partial charge in [-0.2, -0.15) is 5.10 Å². The van der Waals surface area contributed by atoms with Crippen LogP contribution in [0.3, 0.4) is 0 Å². The van der Waals surface area contributed by atoms with Gasteiger partial charge in [-0.1, -0.05) is 28.1 Å². The van der Waals surface area contributed by atoms with Gasteiger partial charge in [0.25, 0.3) is 5.69 Å². The van der Waals surface area contributed by atoms with Gasteiger partial charge < -0.3 is 9.47 Å². The number of nitro benzene ring substituents is 1. The molecule has 0 fully saturated rings. The Morgan fingerprint density at radius 2 is 1.91 bits per heavy atom. The average Bonchev–Trinajstić information content (AvgIpc) is 3.45. The molecular weight excluding hydrogens is 546 g/mol. The highest BCUT2D eigenvalue weighted by Gasteiger charge is 2.22. The third-order valence-corrected chi connectivity index (χ3v) is 6.27. The molecule has 4 aromatic rings. The summed E-state index contributed by atoms with van der Waals surface area (Å²) in [5, 5.41) is 17.8. The fraction of sp³-hybridized carbons (Fsp3) is 0.0435. The summed E-state index contributed by atoms with van der Waals surface area (Å²) in [4.78, 5) is 15.7. The summed E-state index contributed by atoms with van der Waals surface area (Å²) in [6.07, 6.45) is 1.30. The molecule has 0 aliphatic carbocycles. The van der Waals surface area contributed by atoms with Crippen LogP contribution in [0.4, 0.5) is 20.2 Å². The highest BCUT2D eigenvalue weighted by molar-refractivity contribution is 9.10. The van der Waals surface area contributed by atoms with Crippen molar-refractivity contribution in [3.8, 4) is 22.8 Å². The first kappa shape index (κ1) is 22.9. The Bertz CT molecular complexity index is 1570. The molecule has 0 unspecified atom stereocenters. The molecule has 0 N–H and O–H groups in total. The molecule has 35 heavy (non-hydrogen) atoms. The highest BCUT2D eigenvalue weighted by atomic mass is 79.9. The summed E-state index contributed by atoms with van der Waals surface area (Å²) in [5.74, 6) is -0.917. The number of rotatable bonds is 5. The zero-order valence-corrected chi connectivity index (χ0v) is 19.9. The smallest absolute Gasteiger partial charge is 0.282 e. The SMILES string of the molecule is O=[N+]([O-])c1cc2c(cc1C=Nn1c(-c3cccc(Br)c3)csc1=Nc1ccc(F)cc1F)OCO2. The fourth-order valence-electron chi connectivity index (χ4n) is 3.34. The van der Waals surface area contributed by atoms with Crippen LogP contribution in [0.25, 0.3) is 11.3 Å². The number of ether oxygens (including phenoxy) is 2. The molecule has 1 aromatic heterocycles. The van der Waals surface area contributed by atoms with Gasteiger partial charge in [-0.3, -0.25) is 10.1 Å². The lowest BCUT2D eigenvalue weighted by molar-refractivity contribution is -0.385. The van der Waals surface area contributed by atoms with E-state index in [2.05, 4.69) is 26.0 Å². The largest absolute Gasteiger partial charge is 0.454 e. The lowest BCUT2D eigenvalue weighted by Crippen LogP contribution is -2.12. The Kier molecular flexibility index (Phi) is 6.14. The van der Waals surface area contributed by atoms with Crippen LogP contribution in [0, 0.1) is 21.7 Å². The second-order valence-electron chi connectivity index (χ2n) is 7.20. The normalized spacial score (nSPS) is 13.1. The minimum absolute atomic E-state index is 0.0361. The third kappa shape index (κ3) is 4.70. The molecule has 8 nitrogen and oxygen atoms in total. The van der Waals surface area contributed by atoms with Crippen molar-refractivity contribution >= 4 is 44.9 Å². The fourth-order valence-corrected chi connectivity index (χ4v) is 4.59. The maximum Gasteiger partial charge on any atom is 0.282 e. The van der Waals surface area contributed by atoms with Crippen molar-refractivity contribution in [2.45, 2.75) is 0 Å². The first-order valence-electron chi connectivity index (χ1n) is 9.98. The summed E-state index contributed by atoms with van der Waals surface area (Å²) < 4.78 is 40.5. The quantitative estimate of drug-likeness (QED) is 0.170. The van der Waals surface area contributed by atoms with E-state index in [1.165, 1.54) is 40.4 Å². The Morgan fingerprint density at radius 3 is 2.66 bits per heavy atom. The Labute approximate surface area is 208 Å². The van der Waals surface area contributed by atoms with Gasteiger partial charge in [0.2, 0.25) is 11.6 Å². The summed E-state index contributed by atoms with van der Waals surface area (Å²) in [5.41, 5.74) is 1.26. The van der Waals surface area contributed by atoms with Gasteiger partial charge in [0, 0.05) is 21.5 Å². The summed E-state index contributed by atoms with van der Waals surface area (Å²) in [7, 11) is 0. The van der Waals surface area contributed by atoms with Crippen LogP contribution < -0.4 is 14.3 Å². The second kappa shape index (κ2) is 9.39. The summed E-state index contributed by atoms with van der Waals surface area (Å²) in [6.45, 7) is -0.0361. The number of hydrogen-bond donors (Lipinski definition) is 0. The van der Waals surface area contributed by atoms with Crippen molar-refractivity contribution in [1.82, 2.24) is 4.68 Å². The number of fused-ring (bicyclic) bond motifs is 1. The molecule has 0 bridgehead atoms. The minimum atomic E-state index is -0.829. The number of aromatic nitrogens is 1. The number of nitrogens with zero attached hydrogens (tertiary/aromatic N) is 4. The van der Waals surface area contributed by atoms with E-state index in [0.29, 0.717) is 11.4 Å². The van der Waals surface area contributed by atoms with E-state index >= 15 is 0 Å². The summed E-state index contributed by atoms with van der Waals surface area (Å²) >= 11 is 4.62. The summed E-state index contributed by atoms with van der Waals surface area (Å²) in [6, 6.07) is 13.2. The molecule has 2 heterocycles. The van der Waals surface area contributed by atoms with E-state index in [1.807, 2.05) is 24.3 Å². The van der Waals surface area contributed by atoms with Gasteiger partial charge >= 0.3 is 0 Å². The molecule has 0 amide bonds. The van der Waals surface area contributed by atoms with E-state index in [0.717, 1.165) is 22.2 Å². The van der Waals surface area contributed by atoms with E-state index in [1.54, 1.807) is 5.38 Å². The van der Waals surface area contributed by atoms with Crippen molar-refractivity contribution in [3.05, 3.63) is 96.6 Å². The van der Waals surface area contributed by atoms with Gasteiger partial charge in [-0.05, 0) is 30.3 Å². The van der Waals surface area contributed by atoms with Crippen molar-refractivity contribution in [2.75, 3.05) is 6.79 Å². The predicted octanol–water partition coefficient (Wildman–Crippen LogP) is 6.01. The zero-order valence-electron chi connectivity index (χ0n) is 17.5.